The van der Waals surface area contributed by atoms with Gasteiger partial charge in [-0.05, 0) is 42.7 Å². The van der Waals surface area contributed by atoms with Crippen LogP contribution in [0.15, 0.2) is 36.5 Å². The summed E-state index contributed by atoms with van der Waals surface area (Å²) in [6.07, 6.45) is 7.47. The molecule has 1 aliphatic carbocycles. The molecule has 1 unspecified atom stereocenters. The third kappa shape index (κ3) is 3.20. The number of halogens is 2. The number of fused-ring (bicyclic) bond motifs is 1. The number of carbonyl (C=O) groups is 1. The number of carbonyl (C=O) groups excluding carboxylic acids is 1. The van der Waals surface area contributed by atoms with E-state index in [2.05, 4.69) is 9.88 Å². The SMILES string of the molecule is O=C(NC1CCCCC1)N1CCn2cccc2C1c1ccc(F)c(F)c1. The standard InChI is InChI=1S/C20H23F2N3O/c21-16-9-8-14(13-17(16)22)19-18-7-4-10-24(18)11-12-25(19)20(26)23-15-5-2-1-3-6-15/h4,7-10,13,15,19H,1-3,5-6,11-12H2,(H,23,26). The van der Waals surface area contributed by atoms with Crippen LogP contribution in [-0.4, -0.2) is 28.1 Å². The summed E-state index contributed by atoms with van der Waals surface area (Å²) in [6.45, 7) is 1.23. The van der Waals surface area contributed by atoms with Crippen LogP contribution in [0.4, 0.5) is 13.6 Å². The van der Waals surface area contributed by atoms with E-state index in [1.54, 1.807) is 11.0 Å². The molecule has 0 saturated heterocycles. The molecule has 1 aromatic heterocycles. The quantitative estimate of drug-likeness (QED) is 0.857. The maximum absolute atomic E-state index is 13.8. The summed E-state index contributed by atoms with van der Waals surface area (Å²) in [5.41, 5.74) is 1.50. The Kier molecular flexibility index (Phi) is 4.66. The zero-order chi connectivity index (χ0) is 18.1. The number of aromatic nitrogens is 1. The third-order valence-electron chi connectivity index (χ3n) is 5.49. The first-order valence-corrected chi connectivity index (χ1v) is 9.30. The molecule has 4 rings (SSSR count). The summed E-state index contributed by atoms with van der Waals surface area (Å²) in [6, 6.07) is 7.41. The predicted molar refractivity (Wildman–Crippen MR) is 94.7 cm³/mol. The van der Waals surface area contributed by atoms with Crippen molar-refractivity contribution in [1.29, 1.82) is 0 Å². The average Bonchev–Trinajstić information content (AvgIpc) is 3.13. The molecule has 2 amide bonds. The summed E-state index contributed by atoms with van der Waals surface area (Å²) in [4.78, 5) is 14.7. The smallest absolute Gasteiger partial charge is 0.318 e. The van der Waals surface area contributed by atoms with E-state index in [0.717, 1.165) is 37.4 Å². The highest BCUT2D eigenvalue weighted by Crippen LogP contribution is 2.33. The van der Waals surface area contributed by atoms with Crippen LogP contribution < -0.4 is 5.32 Å². The third-order valence-corrected chi connectivity index (χ3v) is 5.49. The highest BCUT2D eigenvalue weighted by atomic mass is 19.2. The van der Waals surface area contributed by atoms with Crippen molar-refractivity contribution in [1.82, 2.24) is 14.8 Å². The van der Waals surface area contributed by atoms with Gasteiger partial charge in [-0.2, -0.15) is 0 Å². The van der Waals surface area contributed by atoms with E-state index in [-0.39, 0.29) is 12.1 Å². The number of nitrogens with one attached hydrogen (secondary N) is 1. The Hall–Kier alpha value is -2.37. The second-order valence-electron chi connectivity index (χ2n) is 7.18. The first-order chi connectivity index (χ1) is 12.6. The van der Waals surface area contributed by atoms with Crippen molar-refractivity contribution in [2.45, 2.75) is 50.7 Å². The van der Waals surface area contributed by atoms with Gasteiger partial charge >= 0.3 is 6.03 Å². The molecular formula is C20H23F2N3O. The summed E-state index contributed by atoms with van der Waals surface area (Å²) < 4.78 is 29.3. The molecule has 1 atom stereocenters. The Morgan fingerprint density at radius 2 is 1.85 bits per heavy atom. The molecule has 0 radical (unpaired) electrons. The van der Waals surface area contributed by atoms with E-state index in [9.17, 15) is 13.6 Å². The monoisotopic (exact) mass is 359 g/mol. The molecule has 1 saturated carbocycles. The largest absolute Gasteiger partial charge is 0.348 e. The summed E-state index contributed by atoms with van der Waals surface area (Å²) in [5.74, 6) is -1.77. The number of hydrogen-bond acceptors (Lipinski definition) is 1. The van der Waals surface area contributed by atoms with Gasteiger partial charge in [-0.1, -0.05) is 25.3 Å². The molecule has 0 spiro atoms. The van der Waals surface area contributed by atoms with Crippen LogP contribution >= 0.6 is 0 Å². The summed E-state index contributed by atoms with van der Waals surface area (Å²) in [7, 11) is 0. The lowest BCUT2D eigenvalue weighted by Gasteiger charge is -2.38. The molecular weight excluding hydrogens is 336 g/mol. The maximum Gasteiger partial charge on any atom is 0.318 e. The molecule has 2 heterocycles. The topological polar surface area (TPSA) is 37.3 Å². The predicted octanol–water partition coefficient (Wildman–Crippen LogP) is 4.21. The van der Waals surface area contributed by atoms with Gasteiger partial charge in [0.2, 0.25) is 0 Å². The van der Waals surface area contributed by atoms with E-state index in [1.807, 2.05) is 18.3 Å². The highest BCUT2D eigenvalue weighted by molar-refractivity contribution is 5.76. The summed E-state index contributed by atoms with van der Waals surface area (Å²) in [5, 5.41) is 3.15. The van der Waals surface area contributed by atoms with Crippen LogP contribution in [0.25, 0.3) is 0 Å². The number of nitrogens with zero attached hydrogens (tertiary/aromatic N) is 2. The fourth-order valence-electron chi connectivity index (χ4n) is 4.14. The van der Waals surface area contributed by atoms with Crippen molar-refractivity contribution in [3.63, 3.8) is 0 Å². The van der Waals surface area contributed by atoms with Gasteiger partial charge in [0.1, 0.15) is 0 Å². The minimum absolute atomic E-state index is 0.126. The lowest BCUT2D eigenvalue weighted by molar-refractivity contribution is 0.162. The minimum atomic E-state index is -0.890. The molecule has 4 nitrogen and oxygen atoms in total. The first-order valence-electron chi connectivity index (χ1n) is 9.30. The Balaban J connectivity index is 1.64. The van der Waals surface area contributed by atoms with Crippen LogP contribution in [0.1, 0.15) is 49.4 Å². The van der Waals surface area contributed by atoms with Crippen LogP contribution in [0.2, 0.25) is 0 Å². The van der Waals surface area contributed by atoms with Gasteiger partial charge in [0, 0.05) is 31.0 Å². The van der Waals surface area contributed by atoms with Crippen molar-refractivity contribution in [3.05, 3.63) is 59.4 Å². The molecule has 0 bridgehead atoms. The van der Waals surface area contributed by atoms with Crippen molar-refractivity contribution in [2.75, 3.05) is 6.54 Å². The molecule has 1 aliphatic heterocycles. The number of hydrogen-bond donors (Lipinski definition) is 1. The molecule has 2 aromatic rings. The van der Waals surface area contributed by atoms with E-state index in [4.69, 9.17) is 0 Å². The fourth-order valence-corrected chi connectivity index (χ4v) is 4.14. The fraction of sp³-hybridized carbons (Fsp3) is 0.450. The number of rotatable bonds is 2. The van der Waals surface area contributed by atoms with Crippen molar-refractivity contribution in [2.24, 2.45) is 0 Å². The van der Waals surface area contributed by atoms with Gasteiger partial charge in [-0.15, -0.1) is 0 Å². The van der Waals surface area contributed by atoms with Crippen LogP contribution in [0.3, 0.4) is 0 Å². The normalized spacial score (nSPS) is 20.7. The number of amides is 2. The maximum atomic E-state index is 13.8. The van der Waals surface area contributed by atoms with Gasteiger partial charge in [0.15, 0.2) is 11.6 Å². The van der Waals surface area contributed by atoms with Crippen LogP contribution in [0.5, 0.6) is 0 Å². The Morgan fingerprint density at radius 1 is 1.04 bits per heavy atom. The van der Waals surface area contributed by atoms with Crippen LogP contribution in [0, 0.1) is 11.6 Å². The Morgan fingerprint density at radius 3 is 2.62 bits per heavy atom. The lowest BCUT2D eigenvalue weighted by atomic mass is 9.95. The molecule has 2 aliphatic rings. The zero-order valence-electron chi connectivity index (χ0n) is 14.6. The first kappa shape index (κ1) is 17.1. The number of benzene rings is 1. The van der Waals surface area contributed by atoms with Crippen LogP contribution in [-0.2, 0) is 6.54 Å². The minimum Gasteiger partial charge on any atom is -0.348 e. The lowest BCUT2D eigenvalue weighted by Crippen LogP contribution is -2.50. The van der Waals surface area contributed by atoms with Gasteiger partial charge in [0.25, 0.3) is 0 Å². The summed E-state index contributed by atoms with van der Waals surface area (Å²) >= 11 is 0. The van der Waals surface area contributed by atoms with Gasteiger partial charge < -0.3 is 14.8 Å². The highest BCUT2D eigenvalue weighted by Gasteiger charge is 2.33. The molecule has 6 heteroatoms. The molecule has 138 valence electrons. The molecule has 1 aromatic carbocycles. The van der Waals surface area contributed by atoms with Crippen molar-refractivity contribution < 1.29 is 13.6 Å². The van der Waals surface area contributed by atoms with Gasteiger partial charge in [0.05, 0.1) is 6.04 Å². The van der Waals surface area contributed by atoms with E-state index in [1.165, 1.54) is 12.5 Å². The average molecular weight is 359 g/mol. The van der Waals surface area contributed by atoms with E-state index < -0.39 is 17.7 Å². The molecule has 1 fully saturated rings. The number of urea groups is 1. The zero-order valence-corrected chi connectivity index (χ0v) is 14.6. The molecule has 26 heavy (non-hydrogen) atoms. The Bertz CT molecular complexity index is 798. The van der Waals surface area contributed by atoms with E-state index >= 15 is 0 Å². The van der Waals surface area contributed by atoms with Gasteiger partial charge in [-0.25, -0.2) is 13.6 Å². The van der Waals surface area contributed by atoms with E-state index in [0.29, 0.717) is 18.7 Å². The van der Waals surface area contributed by atoms with Crippen molar-refractivity contribution in [3.8, 4) is 0 Å². The van der Waals surface area contributed by atoms with Crippen molar-refractivity contribution >= 4 is 6.03 Å². The second kappa shape index (κ2) is 7.09. The Labute approximate surface area is 151 Å². The van der Waals surface area contributed by atoms with Gasteiger partial charge in [-0.3, -0.25) is 0 Å². The second-order valence-corrected chi connectivity index (χ2v) is 7.18. The molecule has 1 N–H and O–H groups in total.